The van der Waals surface area contributed by atoms with Gasteiger partial charge in [-0.25, -0.2) is 9.97 Å². The van der Waals surface area contributed by atoms with Gasteiger partial charge in [0.2, 0.25) is 5.91 Å². The molecule has 0 radical (unpaired) electrons. The van der Waals surface area contributed by atoms with Gasteiger partial charge >= 0.3 is 0 Å². The Kier molecular flexibility index (Phi) is 9.98. The van der Waals surface area contributed by atoms with Crippen molar-refractivity contribution < 1.29 is 29.2 Å². The standard InChI is InChI=1S/C30H32ClN5O6/c31-26-13-20(4-7-28(26)42-17-21-3-1-2-8-32-21)35-30-25-16-24(5-6-27(25)33-19-34-30)41-18-23(38)14-22(37)15-29(39)36-9-11-40-12-10-36/h1-8,13,16,19,22-23,37-38H,9-12,14-15,17-18H2,(H,33,34,35). The van der Waals surface area contributed by atoms with Crippen LogP contribution in [0.25, 0.3) is 10.9 Å². The summed E-state index contributed by atoms with van der Waals surface area (Å²) in [6, 6.07) is 16.3. The van der Waals surface area contributed by atoms with Crippen LogP contribution in [-0.2, 0) is 16.1 Å². The normalized spacial score (nSPS) is 14.8. The number of aliphatic hydroxyl groups is 2. The molecule has 0 aliphatic carbocycles. The number of nitrogens with zero attached hydrogens (tertiary/aromatic N) is 4. The van der Waals surface area contributed by atoms with E-state index in [0.29, 0.717) is 71.8 Å². The van der Waals surface area contributed by atoms with E-state index in [2.05, 4.69) is 20.3 Å². The summed E-state index contributed by atoms with van der Waals surface area (Å²) in [4.78, 5) is 27.0. The Hall–Kier alpha value is -4.03. The van der Waals surface area contributed by atoms with Crippen molar-refractivity contribution in [2.24, 2.45) is 0 Å². The average molecular weight is 594 g/mol. The van der Waals surface area contributed by atoms with Crippen molar-refractivity contribution in [1.82, 2.24) is 19.9 Å². The second kappa shape index (κ2) is 14.2. The molecule has 1 amide bonds. The molecule has 42 heavy (non-hydrogen) atoms. The molecular weight excluding hydrogens is 562 g/mol. The van der Waals surface area contributed by atoms with Crippen LogP contribution < -0.4 is 14.8 Å². The molecule has 3 heterocycles. The number of anilines is 2. The van der Waals surface area contributed by atoms with E-state index < -0.39 is 12.2 Å². The van der Waals surface area contributed by atoms with Crippen molar-refractivity contribution in [3.05, 3.63) is 77.8 Å². The van der Waals surface area contributed by atoms with Crippen LogP contribution in [0.3, 0.4) is 0 Å². The van der Waals surface area contributed by atoms with Crippen LogP contribution in [-0.4, -0.2) is 81.1 Å². The van der Waals surface area contributed by atoms with Crippen LogP contribution in [0.5, 0.6) is 11.5 Å². The highest BCUT2D eigenvalue weighted by Gasteiger charge is 2.22. The van der Waals surface area contributed by atoms with Gasteiger partial charge in [0.05, 0.1) is 48.1 Å². The number of aromatic nitrogens is 3. The molecule has 2 aromatic carbocycles. The third kappa shape index (κ3) is 8.04. The van der Waals surface area contributed by atoms with Crippen molar-refractivity contribution in [3.8, 4) is 11.5 Å². The number of hydrogen-bond acceptors (Lipinski definition) is 10. The fraction of sp³-hybridized carbons (Fsp3) is 0.333. The molecule has 3 N–H and O–H groups in total. The molecule has 1 aliphatic heterocycles. The minimum atomic E-state index is -0.974. The average Bonchev–Trinajstić information content (AvgIpc) is 3.00. The third-order valence-corrected chi connectivity index (χ3v) is 6.96. The highest BCUT2D eigenvalue weighted by Crippen LogP contribution is 2.32. The van der Waals surface area contributed by atoms with E-state index in [9.17, 15) is 15.0 Å². The van der Waals surface area contributed by atoms with Crippen molar-refractivity contribution in [2.45, 2.75) is 31.7 Å². The third-order valence-electron chi connectivity index (χ3n) is 6.66. The van der Waals surface area contributed by atoms with E-state index in [1.54, 1.807) is 41.4 Å². The maximum atomic E-state index is 12.3. The van der Waals surface area contributed by atoms with Crippen LogP contribution in [0, 0.1) is 0 Å². The molecular formula is C30H32ClN5O6. The SMILES string of the molecule is O=C(CC(O)CC(O)COc1ccc2ncnc(Nc3ccc(OCc4ccccn4)c(Cl)c3)c2c1)N1CCOCC1. The molecule has 5 rings (SSSR count). The van der Waals surface area contributed by atoms with Crippen LogP contribution in [0.4, 0.5) is 11.5 Å². The Balaban J connectivity index is 1.17. The number of carbonyl (C=O) groups is 1. The number of hydrogen-bond donors (Lipinski definition) is 3. The minimum Gasteiger partial charge on any atom is -0.491 e. The maximum absolute atomic E-state index is 12.3. The number of ether oxygens (including phenoxy) is 3. The number of morpholine rings is 1. The fourth-order valence-corrected chi connectivity index (χ4v) is 4.73. The predicted molar refractivity (Wildman–Crippen MR) is 157 cm³/mol. The number of nitrogens with one attached hydrogen (secondary N) is 1. The molecule has 220 valence electrons. The van der Waals surface area contributed by atoms with Crippen molar-refractivity contribution in [1.29, 1.82) is 0 Å². The monoisotopic (exact) mass is 593 g/mol. The predicted octanol–water partition coefficient (Wildman–Crippen LogP) is 3.74. The summed E-state index contributed by atoms with van der Waals surface area (Å²) in [6.07, 6.45) is 1.19. The number of carbonyl (C=O) groups excluding carboxylic acids is 1. The number of aliphatic hydroxyl groups excluding tert-OH is 2. The topological polar surface area (TPSA) is 139 Å². The van der Waals surface area contributed by atoms with E-state index in [1.165, 1.54) is 6.33 Å². The zero-order chi connectivity index (χ0) is 29.3. The first-order valence-corrected chi connectivity index (χ1v) is 14.0. The summed E-state index contributed by atoms with van der Waals surface area (Å²) >= 11 is 6.47. The highest BCUT2D eigenvalue weighted by atomic mass is 35.5. The summed E-state index contributed by atoms with van der Waals surface area (Å²) < 4.78 is 16.9. The van der Waals surface area contributed by atoms with Gasteiger partial charge in [0, 0.05) is 36.8 Å². The molecule has 1 aliphatic rings. The van der Waals surface area contributed by atoms with Crippen molar-refractivity contribution in [3.63, 3.8) is 0 Å². The molecule has 0 bridgehead atoms. The summed E-state index contributed by atoms with van der Waals surface area (Å²) in [5, 5.41) is 25.1. The smallest absolute Gasteiger partial charge is 0.225 e. The van der Waals surface area contributed by atoms with E-state index in [0.717, 1.165) is 5.69 Å². The lowest BCUT2D eigenvalue weighted by atomic mass is 10.1. The van der Waals surface area contributed by atoms with Gasteiger partial charge < -0.3 is 34.6 Å². The lowest BCUT2D eigenvalue weighted by molar-refractivity contribution is -0.137. The Morgan fingerprint density at radius 2 is 1.88 bits per heavy atom. The molecule has 2 unspecified atom stereocenters. The largest absolute Gasteiger partial charge is 0.491 e. The number of fused-ring (bicyclic) bond motifs is 1. The minimum absolute atomic E-state index is 0.0158. The summed E-state index contributed by atoms with van der Waals surface area (Å²) in [5.74, 6) is 1.42. The molecule has 1 fully saturated rings. The quantitative estimate of drug-likeness (QED) is 0.223. The molecule has 0 saturated carbocycles. The second-order valence-electron chi connectivity index (χ2n) is 9.83. The number of halogens is 1. The number of rotatable bonds is 12. The van der Waals surface area contributed by atoms with Gasteiger partial charge in [-0.1, -0.05) is 17.7 Å². The Morgan fingerprint density at radius 1 is 1.02 bits per heavy atom. The first kappa shape index (κ1) is 29.5. The highest BCUT2D eigenvalue weighted by molar-refractivity contribution is 6.32. The molecule has 12 heteroatoms. The first-order chi connectivity index (χ1) is 20.4. The summed E-state index contributed by atoms with van der Waals surface area (Å²) in [6.45, 7) is 2.26. The molecule has 0 spiro atoms. The number of amides is 1. The van der Waals surface area contributed by atoms with E-state index in [1.807, 2.05) is 24.3 Å². The van der Waals surface area contributed by atoms with Gasteiger partial charge in [-0.2, -0.15) is 0 Å². The Labute approximate surface area is 248 Å². The van der Waals surface area contributed by atoms with E-state index >= 15 is 0 Å². The Bertz CT molecular complexity index is 1490. The van der Waals surface area contributed by atoms with Gasteiger partial charge in [0.1, 0.15) is 36.9 Å². The lowest BCUT2D eigenvalue weighted by Crippen LogP contribution is -2.42. The van der Waals surface area contributed by atoms with Crippen molar-refractivity contribution in [2.75, 3.05) is 38.2 Å². The molecule has 1 saturated heterocycles. The molecule has 11 nitrogen and oxygen atoms in total. The lowest BCUT2D eigenvalue weighted by Gasteiger charge is -2.28. The van der Waals surface area contributed by atoms with E-state index in [4.69, 9.17) is 25.8 Å². The van der Waals surface area contributed by atoms with Gasteiger partial charge in [0.15, 0.2) is 0 Å². The Morgan fingerprint density at radius 3 is 2.67 bits per heavy atom. The van der Waals surface area contributed by atoms with Crippen LogP contribution in [0.1, 0.15) is 18.5 Å². The first-order valence-electron chi connectivity index (χ1n) is 13.6. The van der Waals surface area contributed by atoms with Gasteiger partial charge in [-0.05, 0) is 48.5 Å². The van der Waals surface area contributed by atoms with Crippen LogP contribution >= 0.6 is 11.6 Å². The van der Waals surface area contributed by atoms with Crippen LogP contribution in [0.15, 0.2) is 67.1 Å². The molecule has 2 atom stereocenters. The van der Waals surface area contributed by atoms with E-state index in [-0.39, 0.29) is 25.4 Å². The summed E-state index contributed by atoms with van der Waals surface area (Å²) in [7, 11) is 0. The van der Waals surface area contributed by atoms with Crippen molar-refractivity contribution >= 4 is 39.9 Å². The fourth-order valence-electron chi connectivity index (χ4n) is 4.49. The summed E-state index contributed by atoms with van der Waals surface area (Å²) in [5.41, 5.74) is 2.19. The molecule has 4 aromatic rings. The van der Waals surface area contributed by atoms with Crippen LogP contribution in [0.2, 0.25) is 5.02 Å². The van der Waals surface area contributed by atoms with Gasteiger partial charge in [-0.15, -0.1) is 0 Å². The number of pyridine rings is 1. The maximum Gasteiger partial charge on any atom is 0.225 e. The zero-order valence-corrected chi connectivity index (χ0v) is 23.6. The second-order valence-corrected chi connectivity index (χ2v) is 10.2. The van der Waals surface area contributed by atoms with Gasteiger partial charge in [0.25, 0.3) is 0 Å². The zero-order valence-electron chi connectivity index (χ0n) is 22.9. The molecule has 2 aromatic heterocycles. The van der Waals surface area contributed by atoms with Gasteiger partial charge in [-0.3, -0.25) is 9.78 Å². The number of benzene rings is 2.